The first kappa shape index (κ1) is 69.4. The first-order valence-corrected chi connectivity index (χ1v) is 30.7. The quantitative estimate of drug-likeness (QED) is 0.0191. The van der Waals surface area contributed by atoms with Crippen LogP contribution in [0, 0.1) is 0 Å². The van der Waals surface area contributed by atoms with Crippen LogP contribution in [0.15, 0.2) is 243 Å². The van der Waals surface area contributed by atoms with Gasteiger partial charge in [0, 0.05) is 22.3 Å². The monoisotopic (exact) mass is 1340 g/mol. The molecule has 3 aliphatic rings. The molecule has 3 heterocycles. The van der Waals surface area contributed by atoms with Crippen LogP contribution in [-0.2, 0) is 42.7 Å². The minimum absolute atomic E-state index is 0.409. The van der Waals surface area contributed by atoms with E-state index in [1.54, 1.807) is 0 Å². The Morgan fingerprint density at radius 3 is 1.14 bits per heavy atom. The summed E-state index contributed by atoms with van der Waals surface area (Å²) in [6.07, 6.45) is -28.8. The van der Waals surface area contributed by atoms with Gasteiger partial charge in [-0.3, -0.25) is 24.0 Å². The number of aliphatic hydroxyl groups excluding tert-OH is 8. The number of carbonyl (C=O) groups is 8. The molecule has 0 spiro atoms. The molecule has 504 valence electrons. The van der Waals surface area contributed by atoms with Crippen LogP contribution in [-0.4, -0.2) is 191 Å². The molecule has 8 aromatic carbocycles. The number of Topliss-reactive ketones (excluding diaryl/α,β-unsaturated/α-hetero) is 5. The van der Waals surface area contributed by atoms with Crippen molar-refractivity contribution in [3.63, 3.8) is 0 Å². The third-order valence-corrected chi connectivity index (χ3v) is 17.3. The highest BCUT2D eigenvalue weighted by molar-refractivity contribution is 6.30. The maximum Gasteiger partial charge on any atom is 0.339 e. The molecule has 3 fully saturated rings. The summed E-state index contributed by atoms with van der Waals surface area (Å²) in [6, 6.07) is 49.8. The van der Waals surface area contributed by atoms with Crippen molar-refractivity contribution in [2.45, 2.75) is 96.2 Å². The molecule has 3 saturated heterocycles. The second-order valence-corrected chi connectivity index (χ2v) is 23.1. The second-order valence-electron chi connectivity index (χ2n) is 23.1. The molecule has 24 heteroatoms. The topological polar surface area (TPSA) is 372 Å². The van der Waals surface area contributed by atoms with Gasteiger partial charge in [-0.25, -0.2) is 14.4 Å². The molecule has 24 nitrogen and oxygen atoms in total. The molecule has 8 N–H and O–H groups in total. The molecule has 0 bridgehead atoms. The fourth-order valence-corrected chi connectivity index (χ4v) is 12.5. The van der Waals surface area contributed by atoms with E-state index in [-0.39, 0.29) is 0 Å². The van der Waals surface area contributed by atoms with Crippen molar-refractivity contribution in [3.05, 3.63) is 287 Å². The highest BCUT2D eigenvalue weighted by Gasteiger charge is 2.94. The molecule has 0 aromatic heterocycles. The first-order chi connectivity index (χ1) is 47.3. The Bertz CT molecular complexity index is 4140. The number of rotatable bonds is 23. The number of carbonyl (C=O) groups excluding carboxylic acids is 8. The lowest BCUT2D eigenvalue weighted by molar-refractivity contribution is -0.397. The van der Waals surface area contributed by atoms with E-state index in [1.807, 2.05) is 0 Å². The fourth-order valence-electron chi connectivity index (χ4n) is 12.5. The van der Waals surface area contributed by atoms with Crippen LogP contribution in [0.2, 0.25) is 0 Å². The van der Waals surface area contributed by atoms with Gasteiger partial charge in [0.05, 0.1) is 29.9 Å². The van der Waals surface area contributed by atoms with Crippen molar-refractivity contribution < 1.29 is 117 Å². The fraction of sp³-hybridized carbons (Fsp3) is 0.243. The minimum atomic E-state index is -4.72. The predicted molar refractivity (Wildman–Crippen MR) is 338 cm³/mol. The minimum Gasteiger partial charge on any atom is -0.438 e. The van der Waals surface area contributed by atoms with Crippen molar-refractivity contribution in [2.24, 2.45) is 0 Å². The number of benzene rings is 8. The molecular weight excluding hydrogens is 1270 g/mol. The maximum absolute atomic E-state index is 18.2. The summed E-state index contributed by atoms with van der Waals surface area (Å²) in [6.45, 7) is -2.40. The molecule has 0 amide bonds. The molecular formula is C74H64O24. The summed E-state index contributed by atoms with van der Waals surface area (Å²) in [5, 5.41) is 92.4. The Morgan fingerprint density at radius 2 is 0.714 bits per heavy atom. The molecule has 0 radical (unpaired) electrons. The summed E-state index contributed by atoms with van der Waals surface area (Å²) in [5.41, 5.74) is -23.3. The van der Waals surface area contributed by atoms with E-state index in [0.717, 1.165) is 84.9 Å². The van der Waals surface area contributed by atoms with Crippen molar-refractivity contribution in [3.8, 4) is 0 Å². The molecule has 0 saturated carbocycles. The van der Waals surface area contributed by atoms with Gasteiger partial charge in [-0.2, -0.15) is 0 Å². The lowest BCUT2D eigenvalue weighted by Gasteiger charge is -2.64. The maximum atomic E-state index is 18.2. The zero-order valence-electron chi connectivity index (χ0n) is 51.5. The first-order valence-electron chi connectivity index (χ1n) is 30.7. The molecule has 0 aliphatic carbocycles. The third kappa shape index (κ3) is 12.3. The summed E-state index contributed by atoms with van der Waals surface area (Å²) in [7, 11) is 0. The van der Waals surface area contributed by atoms with Gasteiger partial charge in [0.1, 0.15) is 54.9 Å². The number of hydrogen-bond acceptors (Lipinski definition) is 24. The smallest absolute Gasteiger partial charge is 0.339 e. The van der Waals surface area contributed by atoms with Crippen LogP contribution in [0.5, 0.6) is 0 Å². The standard InChI is InChI=1S/C74H64O24/c75-41-51-58(54(78)56(80)68(90)91-51)93-69-57(81)55(79)59(52(42-76)92-69)94-70-72(61(83)45-29-13-3-14-30-45,95-65(87)48-35-19-6-20-36-48)74(63(85)47-33-17-5-18-34-47,97-67(89)50-39-23-8-24-40-50)73(62(84)46-31-15-4-16-32-46,96-66(88)49-37-21-7-22-38-49)71(98-70,60(82)44-27-11-2-12-28-44)64(86)53(77)43-25-9-1-10-26-43/h1-40,51-59,68-70,75-81,90H,41-42H2/t51-,52-,53?,54-,55-,56-,57-,58-,59-,68?,69-,70+,71-,72+,73-,74-/m1/s1. The molecule has 2 unspecified atom stereocenters. The molecule has 16 atom stereocenters. The molecule has 98 heavy (non-hydrogen) atoms. The zero-order valence-corrected chi connectivity index (χ0v) is 51.5. The number of aliphatic hydroxyl groups is 8. The van der Waals surface area contributed by atoms with Crippen molar-refractivity contribution in [1.82, 2.24) is 0 Å². The normalized spacial score (nSPS) is 28.6. The lowest BCUT2D eigenvalue weighted by atomic mass is 9.51. The van der Waals surface area contributed by atoms with Gasteiger partial charge in [-0.15, -0.1) is 0 Å². The van der Waals surface area contributed by atoms with Gasteiger partial charge in [-0.05, 0) is 42.0 Å². The number of esters is 3. The Labute approximate surface area is 558 Å². The lowest BCUT2D eigenvalue weighted by Crippen LogP contribution is -2.94. The second kappa shape index (κ2) is 29.4. The van der Waals surface area contributed by atoms with E-state index in [1.165, 1.54) is 158 Å². The summed E-state index contributed by atoms with van der Waals surface area (Å²) in [4.78, 5) is 138. The Hall–Kier alpha value is -10.0. The summed E-state index contributed by atoms with van der Waals surface area (Å²) < 4.78 is 52.0. The largest absolute Gasteiger partial charge is 0.438 e. The van der Waals surface area contributed by atoms with E-state index in [9.17, 15) is 40.9 Å². The van der Waals surface area contributed by atoms with Crippen molar-refractivity contribution >= 4 is 46.8 Å². The Morgan fingerprint density at radius 1 is 0.378 bits per heavy atom. The van der Waals surface area contributed by atoms with Gasteiger partial charge in [0.25, 0.3) is 16.8 Å². The van der Waals surface area contributed by atoms with Crippen LogP contribution < -0.4 is 0 Å². The SMILES string of the molecule is O=C(O[C@]1(C(=O)c2ccccc2)[C@@](C(=O)c2ccccc2)(C(=O)C(O)c2ccccc2)O[C@H](O[C@H]2[C@H](O)[C@@H](O)[C@@H](O[C@H]3[C@H](O)[C@@H](O)C(O)O[C@@H]3CO)O[C@@H]2CO)[C@@](OC(=O)c2ccccc2)(C(=O)c2ccccc2)[C@]1(OC(=O)c1ccccc1)C(=O)c1ccccc1)c1ccccc1. The van der Waals surface area contributed by atoms with Crippen molar-refractivity contribution in [2.75, 3.05) is 13.2 Å². The van der Waals surface area contributed by atoms with E-state index in [0.29, 0.717) is 0 Å². The summed E-state index contributed by atoms with van der Waals surface area (Å²) in [5.74, 6) is -14.9. The average Bonchev–Trinajstić information content (AvgIpc) is 0.642. The van der Waals surface area contributed by atoms with Gasteiger partial charge < -0.3 is 78.7 Å². The third-order valence-electron chi connectivity index (χ3n) is 17.3. The Kier molecular flexibility index (Phi) is 20.8. The van der Waals surface area contributed by atoms with Gasteiger partial charge in [0.2, 0.25) is 40.8 Å². The van der Waals surface area contributed by atoms with E-state index in [4.69, 9.17) is 37.9 Å². The van der Waals surface area contributed by atoms with Crippen LogP contribution in [0.4, 0.5) is 0 Å². The van der Waals surface area contributed by atoms with E-state index < -0.39 is 201 Å². The van der Waals surface area contributed by atoms with E-state index in [2.05, 4.69) is 0 Å². The van der Waals surface area contributed by atoms with Crippen LogP contribution >= 0.6 is 0 Å². The molecule has 11 rings (SSSR count). The highest BCUT2D eigenvalue weighted by atomic mass is 16.8. The van der Waals surface area contributed by atoms with Crippen LogP contribution in [0.25, 0.3) is 0 Å². The molecule has 3 aliphatic heterocycles. The van der Waals surface area contributed by atoms with Gasteiger partial charge in [0.15, 0.2) is 12.6 Å². The predicted octanol–water partition coefficient (Wildman–Crippen LogP) is 4.34. The number of ketones is 5. The Balaban J connectivity index is 1.36. The van der Waals surface area contributed by atoms with Crippen LogP contribution in [0.1, 0.15) is 84.2 Å². The van der Waals surface area contributed by atoms with E-state index >= 15 is 38.4 Å². The highest BCUT2D eigenvalue weighted by Crippen LogP contribution is 2.62. The van der Waals surface area contributed by atoms with Gasteiger partial charge >= 0.3 is 17.9 Å². The summed E-state index contributed by atoms with van der Waals surface area (Å²) >= 11 is 0. The van der Waals surface area contributed by atoms with Crippen molar-refractivity contribution in [1.29, 1.82) is 0 Å². The zero-order chi connectivity index (χ0) is 69.5. The average molecular weight is 1340 g/mol. The van der Waals surface area contributed by atoms with Crippen LogP contribution in [0.3, 0.4) is 0 Å². The molecule has 8 aromatic rings. The number of hydrogen-bond donors (Lipinski definition) is 8. The number of ether oxygens (including phenoxy) is 8. The van der Waals surface area contributed by atoms with Gasteiger partial charge in [-0.1, -0.05) is 206 Å².